The number of aromatic nitrogens is 3. The van der Waals surface area contributed by atoms with Crippen molar-refractivity contribution in [1.29, 1.82) is 0 Å². The SMILES string of the molecule is Cc1cn(-c2cccnc2)c(NCC(C)C)n1. The third-order valence-corrected chi connectivity index (χ3v) is 2.42. The topological polar surface area (TPSA) is 42.7 Å². The minimum atomic E-state index is 0.592. The first kappa shape index (κ1) is 11.6. The molecule has 0 radical (unpaired) electrons. The first-order valence-corrected chi connectivity index (χ1v) is 5.87. The summed E-state index contributed by atoms with van der Waals surface area (Å²) in [4.78, 5) is 8.61. The van der Waals surface area contributed by atoms with Crippen molar-refractivity contribution in [2.45, 2.75) is 20.8 Å². The van der Waals surface area contributed by atoms with Crippen molar-refractivity contribution in [3.05, 3.63) is 36.4 Å². The van der Waals surface area contributed by atoms with E-state index in [1.807, 2.05) is 36.0 Å². The number of rotatable bonds is 4. The molecule has 17 heavy (non-hydrogen) atoms. The second-order valence-electron chi connectivity index (χ2n) is 4.56. The molecule has 0 atom stereocenters. The van der Waals surface area contributed by atoms with Crippen LogP contribution in [0.15, 0.2) is 30.7 Å². The molecule has 0 saturated carbocycles. The van der Waals surface area contributed by atoms with E-state index in [0.29, 0.717) is 5.92 Å². The van der Waals surface area contributed by atoms with Crippen molar-refractivity contribution in [2.24, 2.45) is 5.92 Å². The molecule has 0 aliphatic heterocycles. The van der Waals surface area contributed by atoms with Crippen LogP contribution < -0.4 is 5.32 Å². The van der Waals surface area contributed by atoms with Gasteiger partial charge in [-0.05, 0) is 25.0 Å². The molecular weight excluding hydrogens is 212 g/mol. The predicted molar refractivity (Wildman–Crippen MR) is 69.4 cm³/mol. The van der Waals surface area contributed by atoms with Crippen LogP contribution >= 0.6 is 0 Å². The van der Waals surface area contributed by atoms with Gasteiger partial charge in [0.1, 0.15) is 0 Å². The van der Waals surface area contributed by atoms with Crippen molar-refractivity contribution in [1.82, 2.24) is 14.5 Å². The Morgan fingerprint density at radius 2 is 2.24 bits per heavy atom. The van der Waals surface area contributed by atoms with E-state index in [9.17, 15) is 0 Å². The molecule has 4 heteroatoms. The average Bonchev–Trinajstić information content (AvgIpc) is 2.69. The molecule has 0 aliphatic rings. The summed E-state index contributed by atoms with van der Waals surface area (Å²) in [7, 11) is 0. The minimum Gasteiger partial charge on any atom is -0.355 e. The summed E-state index contributed by atoms with van der Waals surface area (Å²) in [6, 6.07) is 3.95. The van der Waals surface area contributed by atoms with Crippen LogP contribution in [0.3, 0.4) is 0 Å². The van der Waals surface area contributed by atoms with E-state index in [4.69, 9.17) is 0 Å². The summed E-state index contributed by atoms with van der Waals surface area (Å²) in [6.45, 7) is 7.26. The van der Waals surface area contributed by atoms with Gasteiger partial charge in [-0.2, -0.15) is 0 Å². The van der Waals surface area contributed by atoms with Crippen LogP contribution in [0.25, 0.3) is 5.69 Å². The Labute approximate surface area is 102 Å². The van der Waals surface area contributed by atoms with E-state index >= 15 is 0 Å². The molecule has 0 amide bonds. The monoisotopic (exact) mass is 230 g/mol. The fourth-order valence-corrected chi connectivity index (χ4v) is 1.61. The molecule has 0 fully saturated rings. The third kappa shape index (κ3) is 2.84. The largest absolute Gasteiger partial charge is 0.355 e. The maximum Gasteiger partial charge on any atom is 0.207 e. The van der Waals surface area contributed by atoms with Crippen molar-refractivity contribution in [2.75, 3.05) is 11.9 Å². The quantitative estimate of drug-likeness (QED) is 0.878. The molecule has 4 nitrogen and oxygen atoms in total. The highest BCUT2D eigenvalue weighted by atomic mass is 15.2. The maximum atomic E-state index is 4.48. The summed E-state index contributed by atoms with van der Waals surface area (Å²) in [5.74, 6) is 1.47. The molecule has 0 unspecified atom stereocenters. The molecule has 0 aliphatic carbocycles. The van der Waals surface area contributed by atoms with Gasteiger partial charge in [0.15, 0.2) is 0 Å². The molecule has 90 valence electrons. The van der Waals surface area contributed by atoms with E-state index in [1.165, 1.54) is 0 Å². The Hall–Kier alpha value is -1.84. The van der Waals surface area contributed by atoms with E-state index in [0.717, 1.165) is 23.9 Å². The van der Waals surface area contributed by atoms with E-state index in [1.54, 1.807) is 6.20 Å². The zero-order valence-corrected chi connectivity index (χ0v) is 10.5. The molecule has 2 aromatic rings. The molecule has 0 aromatic carbocycles. The third-order valence-electron chi connectivity index (χ3n) is 2.42. The molecule has 1 N–H and O–H groups in total. The Morgan fingerprint density at radius 3 is 2.88 bits per heavy atom. The first-order chi connectivity index (χ1) is 8.16. The molecule has 0 bridgehead atoms. The van der Waals surface area contributed by atoms with Crippen molar-refractivity contribution in [3.63, 3.8) is 0 Å². The number of nitrogens with one attached hydrogen (secondary N) is 1. The zero-order valence-electron chi connectivity index (χ0n) is 10.5. The Morgan fingerprint density at radius 1 is 1.41 bits per heavy atom. The number of pyridine rings is 1. The fraction of sp³-hybridized carbons (Fsp3) is 0.385. The highest BCUT2D eigenvalue weighted by molar-refractivity contribution is 5.41. The van der Waals surface area contributed by atoms with Crippen LogP contribution in [0.5, 0.6) is 0 Å². The van der Waals surface area contributed by atoms with E-state index in [2.05, 4.69) is 29.1 Å². The normalized spacial score (nSPS) is 10.8. The van der Waals surface area contributed by atoms with Crippen molar-refractivity contribution >= 4 is 5.95 Å². The van der Waals surface area contributed by atoms with Crippen molar-refractivity contribution < 1.29 is 0 Å². The van der Waals surface area contributed by atoms with E-state index < -0.39 is 0 Å². The van der Waals surface area contributed by atoms with Crippen LogP contribution in [0.1, 0.15) is 19.5 Å². The molecule has 2 aromatic heterocycles. The van der Waals surface area contributed by atoms with Gasteiger partial charge < -0.3 is 5.32 Å². The predicted octanol–water partition coefficient (Wildman–Crippen LogP) is 2.64. The van der Waals surface area contributed by atoms with Crippen LogP contribution in [0, 0.1) is 12.8 Å². The molecular formula is C13H18N4. The van der Waals surface area contributed by atoms with Gasteiger partial charge in [-0.3, -0.25) is 9.55 Å². The lowest BCUT2D eigenvalue weighted by molar-refractivity contribution is 0.683. The van der Waals surface area contributed by atoms with Crippen LogP contribution in [-0.4, -0.2) is 21.1 Å². The molecule has 2 heterocycles. The average molecular weight is 230 g/mol. The first-order valence-electron chi connectivity index (χ1n) is 5.87. The van der Waals surface area contributed by atoms with Gasteiger partial charge in [-0.25, -0.2) is 4.98 Å². The van der Waals surface area contributed by atoms with Crippen LogP contribution in [0.4, 0.5) is 5.95 Å². The highest BCUT2D eigenvalue weighted by Crippen LogP contribution is 2.15. The van der Waals surface area contributed by atoms with Crippen molar-refractivity contribution in [3.8, 4) is 5.69 Å². The van der Waals surface area contributed by atoms with Gasteiger partial charge in [0.25, 0.3) is 0 Å². The Bertz CT molecular complexity index is 473. The van der Waals surface area contributed by atoms with Gasteiger partial charge >= 0.3 is 0 Å². The molecule has 2 rings (SSSR count). The molecule has 0 spiro atoms. The summed E-state index contributed by atoms with van der Waals surface area (Å²) < 4.78 is 2.03. The lowest BCUT2D eigenvalue weighted by Gasteiger charge is -2.10. The summed E-state index contributed by atoms with van der Waals surface area (Å²) >= 11 is 0. The lowest BCUT2D eigenvalue weighted by Crippen LogP contribution is -2.12. The standard InChI is InChI=1S/C13H18N4/c1-10(2)7-15-13-16-11(3)9-17(13)12-5-4-6-14-8-12/h4-6,8-10H,7H2,1-3H3,(H,15,16). The second-order valence-corrected chi connectivity index (χ2v) is 4.56. The lowest BCUT2D eigenvalue weighted by atomic mass is 10.2. The van der Waals surface area contributed by atoms with Gasteiger partial charge in [-0.1, -0.05) is 13.8 Å². The summed E-state index contributed by atoms with van der Waals surface area (Å²) in [5, 5.41) is 3.36. The number of imidazole rings is 1. The van der Waals surface area contributed by atoms with E-state index in [-0.39, 0.29) is 0 Å². The number of nitrogens with zero attached hydrogens (tertiary/aromatic N) is 3. The number of aryl methyl sites for hydroxylation is 1. The van der Waals surface area contributed by atoms with Gasteiger partial charge in [0, 0.05) is 18.9 Å². The van der Waals surface area contributed by atoms with Gasteiger partial charge in [0.2, 0.25) is 5.95 Å². The fourth-order valence-electron chi connectivity index (χ4n) is 1.61. The van der Waals surface area contributed by atoms with Crippen LogP contribution in [-0.2, 0) is 0 Å². The Balaban J connectivity index is 2.28. The smallest absolute Gasteiger partial charge is 0.207 e. The number of anilines is 1. The second kappa shape index (κ2) is 4.99. The number of hydrogen-bond acceptors (Lipinski definition) is 3. The molecule has 0 saturated heterocycles. The van der Waals surface area contributed by atoms with Gasteiger partial charge in [0.05, 0.1) is 17.6 Å². The Kier molecular flexibility index (Phi) is 3.42. The number of hydrogen-bond donors (Lipinski definition) is 1. The van der Waals surface area contributed by atoms with Crippen LogP contribution in [0.2, 0.25) is 0 Å². The minimum absolute atomic E-state index is 0.592. The van der Waals surface area contributed by atoms with Gasteiger partial charge in [-0.15, -0.1) is 0 Å². The maximum absolute atomic E-state index is 4.48. The highest BCUT2D eigenvalue weighted by Gasteiger charge is 2.07. The zero-order chi connectivity index (χ0) is 12.3. The summed E-state index contributed by atoms with van der Waals surface area (Å²) in [5.41, 5.74) is 2.03. The summed E-state index contributed by atoms with van der Waals surface area (Å²) in [6.07, 6.45) is 5.62.